The Morgan fingerprint density at radius 2 is 0.774 bits per heavy atom. The minimum atomic E-state index is 0.869. The fourth-order valence-electron chi connectivity index (χ4n) is 5.22. The van der Waals surface area contributed by atoms with Crippen LogP contribution >= 0.6 is 0 Å². The minimum absolute atomic E-state index is 0.869. The first-order chi connectivity index (χ1) is 15.4. The van der Waals surface area contributed by atoms with Crippen molar-refractivity contribution < 1.29 is 0 Å². The van der Waals surface area contributed by atoms with Crippen LogP contribution in [0.1, 0.15) is 38.5 Å². The molecule has 7 heteroatoms. The van der Waals surface area contributed by atoms with E-state index in [0.29, 0.717) is 0 Å². The first-order valence-electron chi connectivity index (χ1n) is 13.4. The molecule has 31 heavy (non-hydrogen) atoms. The first kappa shape index (κ1) is 25.3. The fourth-order valence-corrected chi connectivity index (χ4v) is 5.22. The third-order valence-corrected chi connectivity index (χ3v) is 7.49. The van der Waals surface area contributed by atoms with Crippen molar-refractivity contribution in [2.24, 2.45) is 17.8 Å². The molecule has 3 heterocycles. The number of hydrogen-bond acceptors (Lipinski definition) is 7. The van der Waals surface area contributed by atoms with Crippen molar-refractivity contribution in [2.75, 3.05) is 98.2 Å². The third kappa shape index (κ3) is 11.4. The molecule has 3 aliphatic heterocycles. The normalized spacial score (nSPS) is 22.4. The lowest BCUT2D eigenvalue weighted by atomic mass is 9.98. The Hall–Kier alpha value is -0.280. The molecule has 0 unspecified atom stereocenters. The van der Waals surface area contributed by atoms with E-state index < -0.39 is 0 Å². The predicted molar refractivity (Wildman–Crippen MR) is 132 cm³/mol. The molecule has 7 nitrogen and oxygen atoms in total. The van der Waals surface area contributed by atoms with Crippen molar-refractivity contribution in [1.29, 1.82) is 0 Å². The Bertz CT molecular complexity index is 356. The van der Waals surface area contributed by atoms with Crippen molar-refractivity contribution in [3.8, 4) is 0 Å². The average molecular weight is 438 g/mol. The number of rotatable bonds is 15. The zero-order valence-electron chi connectivity index (χ0n) is 20.0. The van der Waals surface area contributed by atoms with Crippen LogP contribution < -0.4 is 31.9 Å². The lowest BCUT2D eigenvalue weighted by Crippen LogP contribution is -2.43. The van der Waals surface area contributed by atoms with Gasteiger partial charge in [-0.1, -0.05) is 0 Å². The quantitative estimate of drug-likeness (QED) is 0.202. The van der Waals surface area contributed by atoms with Gasteiger partial charge in [0.05, 0.1) is 0 Å². The molecular formula is C24H51N7. The van der Waals surface area contributed by atoms with E-state index in [2.05, 4.69) is 36.8 Å². The van der Waals surface area contributed by atoms with Gasteiger partial charge >= 0.3 is 0 Å². The van der Waals surface area contributed by atoms with Gasteiger partial charge in [-0.15, -0.1) is 0 Å². The Balaban J connectivity index is 1.27. The third-order valence-electron chi connectivity index (χ3n) is 7.49. The highest BCUT2D eigenvalue weighted by molar-refractivity contribution is 4.74. The van der Waals surface area contributed by atoms with Crippen LogP contribution in [0.25, 0.3) is 0 Å². The molecule has 0 saturated carbocycles. The second-order valence-corrected chi connectivity index (χ2v) is 10.0. The summed E-state index contributed by atoms with van der Waals surface area (Å²) in [7, 11) is 0. The summed E-state index contributed by atoms with van der Waals surface area (Å²) in [6, 6.07) is 0. The van der Waals surface area contributed by atoms with E-state index in [-0.39, 0.29) is 0 Å². The summed E-state index contributed by atoms with van der Waals surface area (Å²) >= 11 is 0. The van der Waals surface area contributed by atoms with Crippen LogP contribution in [0.5, 0.6) is 0 Å². The van der Waals surface area contributed by atoms with Crippen LogP contribution in [0.2, 0.25) is 0 Å². The summed E-state index contributed by atoms with van der Waals surface area (Å²) in [5.74, 6) is 2.61. The molecule has 3 fully saturated rings. The number of nitrogens with one attached hydrogen (secondary N) is 6. The monoisotopic (exact) mass is 437 g/mol. The summed E-state index contributed by atoms with van der Waals surface area (Å²) in [6.45, 7) is 17.6. The van der Waals surface area contributed by atoms with Crippen molar-refractivity contribution in [1.82, 2.24) is 36.8 Å². The predicted octanol–water partition coefficient (Wildman–Crippen LogP) is 0.0560. The molecule has 182 valence electrons. The van der Waals surface area contributed by atoms with E-state index in [1.165, 1.54) is 97.4 Å². The average Bonchev–Trinajstić information content (AvgIpc) is 2.83. The van der Waals surface area contributed by atoms with E-state index in [9.17, 15) is 0 Å². The van der Waals surface area contributed by atoms with Crippen LogP contribution in [0.4, 0.5) is 0 Å². The maximum absolute atomic E-state index is 3.75. The summed E-state index contributed by atoms with van der Waals surface area (Å²) in [5.41, 5.74) is 0. The second kappa shape index (κ2) is 16.4. The van der Waals surface area contributed by atoms with E-state index in [0.717, 1.165) is 57.0 Å². The smallest absolute Gasteiger partial charge is 0.0108 e. The minimum Gasteiger partial charge on any atom is -0.317 e. The lowest BCUT2D eigenvalue weighted by molar-refractivity contribution is 0.257. The van der Waals surface area contributed by atoms with Gasteiger partial charge in [-0.05, 0) is 115 Å². The number of hydrogen-bond donors (Lipinski definition) is 6. The van der Waals surface area contributed by atoms with Gasteiger partial charge in [0, 0.05) is 39.3 Å². The summed E-state index contributed by atoms with van der Waals surface area (Å²) < 4.78 is 0. The molecule has 0 bridgehead atoms. The zero-order valence-corrected chi connectivity index (χ0v) is 20.0. The summed E-state index contributed by atoms with van der Waals surface area (Å²) in [5, 5.41) is 21.7. The SMILES string of the molecule is C1CC(CNCCN(CCNCC2CCNCC2)CCNCC2CCNCC2)CCN1. The molecule has 3 aliphatic rings. The van der Waals surface area contributed by atoms with Gasteiger partial charge in [0.1, 0.15) is 0 Å². The number of piperidine rings is 3. The molecule has 0 aromatic heterocycles. The first-order valence-corrected chi connectivity index (χ1v) is 13.4. The zero-order chi connectivity index (χ0) is 21.4. The van der Waals surface area contributed by atoms with E-state index >= 15 is 0 Å². The molecule has 3 rings (SSSR count). The maximum atomic E-state index is 3.75. The van der Waals surface area contributed by atoms with Crippen molar-refractivity contribution in [3.63, 3.8) is 0 Å². The molecule has 0 atom stereocenters. The molecule has 0 spiro atoms. The number of nitrogens with zero attached hydrogens (tertiary/aromatic N) is 1. The standard InChI is InChI=1S/C24H51N7/c1-7-25-8-2-22(1)19-28-13-16-31(17-14-29-20-23-3-9-26-10-4-23)18-15-30-21-24-5-11-27-12-6-24/h22-30H,1-21H2. The van der Waals surface area contributed by atoms with Gasteiger partial charge in [0.15, 0.2) is 0 Å². The van der Waals surface area contributed by atoms with E-state index in [1.54, 1.807) is 0 Å². The largest absolute Gasteiger partial charge is 0.317 e. The topological polar surface area (TPSA) is 75.4 Å². The lowest BCUT2D eigenvalue weighted by Gasteiger charge is -2.27. The van der Waals surface area contributed by atoms with Gasteiger partial charge < -0.3 is 31.9 Å². The molecule has 0 aromatic carbocycles. The molecule has 0 amide bonds. The fraction of sp³-hybridized carbons (Fsp3) is 1.00. The van der Waals surface area contributed by atoms with Crippen LogP contribution in [0.3, 0.4) is 0 Å². The van der Waals surface area contributed by atoms with Gasteiger partial charge in [-0.3, -0.25) is 4.90 Å². The molecule has 0 aliphatic carbocycles. The highest BCUT2D eigenvalue weighted by atomic mass is 15.2. The van der Waals surface area contributed by atoms with Crippen LogP contribution in [-0.2, 0) is 0 Å². The van der Waals surface area contributed by atoms with Crippen molar-refractivity contribution >= 4 is 0 Å². The second-order valence-electron chi connectivity index (χ2n) is 10.0. The van der Waals surface area contributed by atoms with Gasteiger partial charge in [-0.2, -0.15) is 0 Å². The van der Waals surface area contributed by atoms with Crippen molar-refractivity contribution in [3.05, 3.63) is 0 Å². The molecular weight excluding hydrogens is 386 g/mol. The Morgan fingerprint density at radius 1 is 0.484 bits per heavy atom. The summed E-state index contributed by atoms with van der Waals surface area (Å²) in [6.07, 6.45) is 7.99. The maximum Gasteiger partial charge on any atom is 0.0108 e. The Kier molecular flexibility index (Phi) is 13.4. The van der Waals surface area contributed by atoms with Crippen LogP contribution in [-0.4, -0.2) is 103 Å². The highest BCUT2D eigenvalue weighted by Crippen LogP contribution is 2.11. The van der Waals surface area contributed by atoms with E-state index in [4.69, 9.17) is 0 Å². The molecule has 0 radical (unpaired) electrons. The van der Waals surface area contributed by atoms with E-state index in [1.807, 2.05) is 0 Å². The van der Waals surface area contributed by atoms with Crippen LogP contribution in [0, 0.1) is 17.8 Å². The highest BCUT2D eigenvalue weighted by Gasteiger charge is 2.15. The molecule has 3 saturated heterocycles. The Morgan fingerprint density at radius 3 is 1.06 bits per heavy atom. The Labute approximate surface area is 191 Å². The van der Waals surface area contributed by atoms with Crippen LogP contribution in [0.15, 0.2) is 0 Å². The molecule has 0 aromatic rings. The summed E-state index contributed by atoms with van der Waals surface area (Å²) in [4.78, 5) is 2.65. The van der Waals surface area contributed by atoms with Gasteiger partial charge in [0.2, 0.25) is 0 Å². The van der Waals surface area contributed by atoms with Gasteiger partial charge in [-0.25, -0.2) is 0 Å². The van der Waals surface area contributed by atoms with Gasteiger partial charge in [0.25, 0.3) is 0 Å². The van der Waals surface area contributed by atoms with Crippen molar-refractivity contribution in [2.45, 2.75) is 38.5 Å². The molecule has 6 N–H and O–H groups in total.